The Morgan fingerprint density at radius 3 is 2.67 bits per heavy atom. The van der Waals surface area contributed by atoms with Crippen molar-refractivity contribution in [1.82, 2.24) is 0 Å². The van der Waals surface area contributed by atoms with E-state index in [1.165, 1.54) is 0 Å². The van der Waals surface area contributed by atoms with E-state index in [2.05, 4.69) is 6.92 Å². The Morgan fingerprint density at radius 2 is 1.96 bits per heavy atom. The molecule has 7 nitrogen and oxygen atoms in total. The van der Waals surface area contributed by atoms with Gasteiger partial charge in [0.1, 0.15) is 36.1 Å². The van der Waals surface area contributed by atoms with E-state index in [9.17, 15) is 20.1 Å². The lowest BCUT2D eigenvalue weighted by atomic mass is 9.45. The number of carbonyl (C=O) groups is 1. The van der Waals surface area contributed by atoms with Crippen LogP contribution in [-0.4, -0.2) is 69.1 Å². The summed E-state index contributed by atoms with van der Waals surface area (Å²) in [5.74, 6) is -0.511. The molecule has 9 atom stereocenters. The Bertz CT molecular complexity index is 806. The molecule has 27 heavy (non-hydrogen) atoms. The second-order valence-electron chi connectivity index (χ2n) is 9.85. The number of fused-ring (bicyclic) bond motifs is 2. The molecule has 7 heteroatoms. The molecular weight excluding hydrogens is 352 g/mol. The molecule has 2 saturated carbocycles. The van der Waals surface area contributed by atoms with Crippen LogP contribution < -0.4 is 0 Å². The van der Waals surface area contributed by atoms with E-state index in [1.807, 2.05) is 0 Å². The van der Waals surface area contributed by atoms with Gasteiger partial charge < -0.3 is 29.5 Å². The largest absolute Gasteiger partial charge is 0.458 e. The van der Waals surface area contributed by atoms with E-state index in [1.54, 1.807) is 13.8 Å². The van der Waals surface area contributed by atoms with E-state index in [-0.39, 0.29) is 23.9 Å². The maximum absolute atomic E-state index is 12.1. The summed E-state index contributed by atoms with van der Waals surface area (Å²) in [4.78, 5) is 12.1. The van der Waals surface area contributed by atoms with Crippen molar-refractivity contribution in [2.24, 2.45) is 17.3 Å². The van der Waals surface area contributed by atoms with Crippen LogP contribution >= 0.6 is 0 Å². The van der Waals surface area contributed by atoms with Crippen molar-refractivity contribution in [1.29, 1.82) is 0 Å². The molecule has 3 aliphatic carbocycles. The Hall–Kier alpha value is -0.990. The molecule has 0 radical (unpaired) electrons. The van der Waals surface area contributed by atoms with Crippen LogP contribution in [0.5, 0.6) is 0 Å². The van der Waals surface area contributed by atoms with Crippen molar-refractivity contribution < 1.29 is 34.3 Å². The first-order chi connectivity index (χ1) is 12.7. The lowest BCUT2D eigenvalue weighted by Crippen LogP contribution is -2.76. The summed E-state index contributed by atoms with van der Waals surface area (Å²) in [6.07, 6.45) is -1.25. The van der Waals surface area contributed by atoms with Gasteiger partial charge in [-0.15, -0.1) is 0 Å². The van der Waals surface area contributed by atoms with Crippen molar-refractivity contribution in [2.45, 2.75) is 81.3 Å². The number of aliphatic hydroxyl groups excluding tert-OH is 2. The second kappa shape index (κ2) is 4.44. The highest BCUT2D eigenvalue weighted by atomic mass is 16.7. The van der Waals surface area contributed by atoms with Gasteiger partial charge in [-0.1, -0.05) is 20.8 Å². The van der Waals surface area contributed by atoms with Crippen molar-refractivity contribution >= 4 is 5.97 Å². The zero-order chi connectivity index (χ0) is 19.1. The topological polar surface area (TPSA) is 112 Å². The SMILES string of the molecule is CC(C)[C@@]1(O)[C@@H](O)[C@]23O[C@H]2C[C@H]2C4=C(CC[C@]2(C)[C@@]32O[C@H]2[C@@H]1O)C(=O)OC4. The van der Waals surface area contributed by atoms with E-state index < -0.39 is 40.5 Å². The van der Waals surface area contributed by atoms with Crippen molar-refractivity contribution in [2.75, 3.05) is 6.61 Å². The van der Waals surface area contributed by atoms with Gasteiger partial charge in [0.25, 0.3) is 0 Å². The van der Waals surface area contributed by atoms with Crippen LogP contribution in [0, 0.1) is 17.3 Å². The van der Waals surface area contributed by atoms with E-state index >= 15 is 0 Å². The minimum Gasteiger partial charge on any atom is -0.458 e. The van der Waals surface area contributed by atoms with Crippen LogP contribution in [0.2, 0.25) is 0 Å². The number of aliphatic hydroxyl groups is 3. The molecule has 6 rings (SSSR count). The van der Waals surface area contributed by atoms with Crippen LogP contribution in [-0.2, 0) is 19.0 Å². The molecule has 0 aromatic heterocycles. The Kier molecular flexibility index (Phi) is 2.78. The summed E-state index contributed by atoms with van der Waals surface area (Å²) in [6.45, 7) is 6.03. The summed E-state index contributed by atoms with van der Waals surface area (Å²) in [5, 5.41) is 33.5. The molecule has 3 aliphatic heterocycles. The van der Waals surface area contributed by atoms with Crippen molar-refractivity contribution in [3.63, 3.8) is 0 Å². The van der Waals surface area contributed by atoms with E-state index in [0.29, 0.717) is 25.9 Å². The first kappa shape index (κ1) is 16.9. The van der Waals surface area contributed by atoms with Crippen LogP contribution in [0.1, 0.15) is 40.0 Å². The van der Waals surface area contributed by atoms with Gasteiger partial charge in [0.15, 0.2) is 5.60 Å². The Morgan fingerprint density at radius 1 is 1.22 bits per heavy atom. The highest BCUT2D eigenvalue weighted by Crippen LogP contribution is 2.79. The highest BCUT2D eigenvalue weighted by molar-refractivity contribution is 5.92. The molecule has 2 spiro atoms. The molecule has 0 amide bonds. The van der Waals surface area contributed by atoms with Crippen LogP contribution in [0.15, 0.2) is 11.1 Å². The number of esters is 1. The predicted molar refractivity (Wildman–Crippen MR) is 90.4 cm³/mol. The summed E-state index contributed by atoms with van der Waals surface area (Å²) in [5.41, 5.74) is -2.06. The lowest BCUT2D eigenvalue weighted by molar-refractivity contribution is -0.223. The first-order valence-corrected chi connectivity index (χ1v) is 9.99. The fourth-order valence-electron chi connectivity index (χ4n) is 7.30. The summed E-state index contributed by atoms with van der Waals surface area (Å²) in [6, 6.07) is 0. The number of cyclic esters (lactones) is 1. The monoisotopic (exact) mass is 378 g/mol. The molecule has 148 valence electrons. The average molecular weight is 378 g/mol. The van der Waals surface area contributed by atoms with Gasteiger partial charge >= 0.3 is 5.97 Å². The molecule has 3 heterocycles. The fraction of sp³-hybridized carbons (Fsp3) is 0.850. The highest BCUT2D eigenvalue weighted by Gasteiger charge is 2.96. The summed E-state index contributed by atoms with van der Waals surface area (Å²) in [7, 11) is 0. The molecule has 0 aromatic carbocycles. The minimum absolute atomic E-state index is 0.0583. The van der Waals surface area contributed by atoms with Gasteiger partial charge in [-0.2, -0.15) is 0 Å². The summed E-state index contributed by atoms with van der Waals surface area (Å²) < 4.78 is 17.7. The zero-order valence-corrected chi connectivity index (χ0v) is 15.8. The number of rotatable bonds is 1. The second-order valence-corrected chi connectivity index (χ2v) is 9.85. The van der Waals surface area contributed by atoms with Gasteiger partial charge in [0.05, 0.1) is 6.10 Å². The predicted octanol–water partition coefficient (Wildman–Crippen LogP) is 0.0575. The molecule has 4 fully saturated rings. The molecule has 0 aromatic rings. The van der Waals surface area contributed by atoms with Crippen LogP contribution in [0.4, 0.5) is 0 Å². The molecule has 0 bridgehead atoms. The summed E-state index contributed by atoms with van der Waals surface area (Å²) >= 11 is 0. The van der Waals surface area contributed by atoms with Crippen molar-refractivity contribution in [3.05, 3.63) is 11.1 Å². The van der Waals surface area contributed by atoms with Gasteiger partial charge in [0, 0.05) is 11.0 Å². The number of ether oxygens (including phenoxy) is 3. The average Bonchev–Trinajstić information content (AvgIpc) is 3.50. The number of hydrogen-bond acceptors (Lipinski definition) is 7. The fourth-order valence-corrected chi connectivity index (χ4v) is 7.30. The van der Waals surface area contributed by atoms with Gasteiger partial charge in [-0.3, -0.25) is 0 Å². The standard InChI is InChI=1S/C20H26O7/c1-8(2)18(24)13(21)14-20(27-14)17(3)5-4-9-10(7-25-15(9)22)11(17)6-12-19(20,26-12)16(18)23/h8,11-14,16,21,23-24H,4-7H2,1-3H3/t11-,12-,13-,14-,16+,17-,18-,19+,20+/m0/s1. The first-order valence-electron chi connectivity index (χ1n) is 9.99. The van der Waals surface area contributed by atoms with Gasteiger partial charge in [-0.05, 0) is 36.7 Å². The van der Waals surface area contributed by atoms with E-state index in [0.717, 1.165) is 11.1 Å². The molecule has 6 aliphatic rings. The third kappa shape index (κ3) is 1.44. The number of carbonyl (C=O) groups excluding carboxylic acids is 1. The van der Waals surface area contributed by atoms with Gasteiger partial charge in [-0.25, -0.2) is 4.79 Å². The number of epoxide rings is 2. The van der Waals surface area contributed by atoms with Gasteiger partial charge in [0.2, 0.25) is 0 Å². The third-order valence-corrected chi connectivity index (χ3v) is 8.90. The lowest BCUT2D eigenvalue weighted by Gasteiger charge is -2.56. The Balaban J connectivity index is 1.50. The van der Waals surface area contributed by atoms with Crippen molar-refractivity contribution in [3.8, 4) is 0 Å². The quantitative estimate of drug-likeness (QED) is 0.437. The third-order valence-electron chi connectivity index (χ3n) is 8.90. The molecule has 0 unspecified atom stereocenters. The Labute approximate surface area is 157 Å². The maximum Gasteiger partial charge on any atom is 0.334 e. The normalized spacial score (nSPS) is 60.1. The van der Waals surface area contributed by atoms with Crippen LogP contribution in [0.25, 0.3) is 0 Å². The maximum atomic E-state index is 12.1. The number of hydrogen-bond donors (Lipinski definition) is 3. The molecule has 2 saturated heterocycles. The molecular formula is C20H26O7. The zero-order valence-electron chi connectivity index (χ0n) is 15.8. The smallest absolute Gasteiger partial charge is 0.334 e. The molecule has 3 N–H and O–H groups in total. The van der Waals surface area contributed by atoms with E-state index in [4.69, 9.17) is 14.2 Å². The minimum atomic E-state index is -1.67. The van der Waals surface area contributed by atoms with Crippen LogP contribution in [0.3, 0.4) is 0 Å².